The standard InChI is InChI=1S/C20H25FN2O3S/c1-6-18(20(24)22-19-14(3)11-13(2)12-15(19)4)23(27(5,25)26)17-9-7-16(21)8-10-17/h7-12,18H,6H2,1-5H3,(H,22,24). The predicted molar refractivity (Wildman–Crippen MR) is 107 cm³/mol. The molecule has 0 heterocycles. The molecular weight excluding hydrogens is 367 g/mol. The lowest BCUT2D eigenvalue weighted by Crippen LogP contribution is -2.47. The van der Waals surface area contributed by atoms with Crippen molar-refractivity contribution in [3.63, 3.8) is 0 Å². The summed E-state index contributed by atoms with van der Waals surface area (Å²) in [7, 11) is -3.76. The van der Waals surface area contributed by atoms with E-state index >= 15 is 0 Å². The summed E-state index contributed by atoms with van der Waals surface area (Å²) < 4.78 is 39.1. The van der Waals surface area contributed by atoms with Crippen molar-refractivity contribution in [2.24, 2.45) is 0 Å². The highest BCUT2D eigenvalue weighted by molar-refractivity contribution is 7.92. The summed E-state index contributed by atoms with van der Waals surface area (Å²) in [5, 5.41) is 2.87. The molecule has 5 nitrogen and oxygen atoms in total. The number of rotatable bonds is 6. The van der Waals surface area contributed by atoms with Crippen molar-refractivity contribution in [2.45, 2.75) is 40.2 Å². The summed E-state index contributed by atoms with van der Waals surface area (Å²) >= 11 is 0. The van der Waals surface area contributed by atoms with Gasteiger partial charge in [-0.15, -0.1) is 0 Å². The lowest BCUT2D eigenvalue weighted by Gasteiger charge is -2.30. The maximum Gasteiger partial charge on any atom is 0.248 e. The van der Waals surface area contributed by atoms with E-state index in [1.165, 1.54) is 24.3 Å². The molecule has 0 aromatic heterocycles. The summed E-state index contributed by atoms with van der Waals surface area (Å²) in [6.45, 7) is 7.50. The number of anilines is 2. The van der Waals surface area contributed by atoms with Gasteiger partial charge in [-0.25, -0.2) is 12.8 Å². The van der Waals surface area contributed by atoms with Crippen LogP contribution in [0.5, 0.6) is 0 Å². The third-order valence-electron chi connectivity index (χ3n) is 4.34. The fourth-order valence-corrected chi connectivity index (χ4v) is 4.44. The zero-order valence-corrected chi connectivity index (χ0v) is 17.0. The summed E-state index contributed by atoms with van der Waals surface area (Å²) in [4.78, 5) is 13.0. The number of sulfonamides is 1. The van der Waals surface area contributed by atoms with Crippen LogP contribution in [-0.4, -0.2) is 26.6 Å². The van der Waals surface area contributed by atoms with Crippen LogP contribution < -0.4 is 9.62 Å². The van der Waals surface area contributed by atoms with Gasteiger partial charge in [-0.3, -0.25) is 9.10 Å². The molecule has 0 saturated heterocycles. The van der Waals surface area contributed by atoms with E-state index in [-0.39, 0.29) is 12.1 Å². The maximum absolute atomic E-state index is 13.2. The Morgan fingerprint density at radius 1 is 1.11 bits per heavy atom. The molecule has 0 fully saturated rings. The lowest BCUT2D eigenvalue weighted by atomic mass is 10.0. The van der Waals surface area contributed by atoms with Crippen molar-refractivity contribution < 1.29 is 17.6 Å². The van der Waals surface area contributed by atoms with E-state index < -0.39 is 27.8 Å². The summed E-state index contributed by atoms with van der Waals surface area (Å²) in [6, 6.07) is 8.02. The van der Waals surface area contributed by atoms with Gasteiger partial charge in [0.2, 0.25) is 15.9 Å². The van der Waals surface area contributed by atoms with Crippen LogP contribution in [0.4, 0.5) is 15.8 Å². The van der Waals surface area contributed by atoms with E-state index in [1.54, 1.807) is 6.92 Å². The molecule has 1 amide bonds. The quantitative estimate of drug-likeness (QED) is 0.810. The second-order valence-corrected chi connectivity index (χ2v) is 8.58. The van der Waals surface area contributed by atoms with Gasteiger partial charge in [0, 0.05) is 5.69 Å². The van der Waals surface area contributed by atoms with Gasteiger partial charge in [-0.1, -0.05) is 24.6 Å². The van der Waals surface area contributed by atoms with Crippen LogP contribution in [0.25, 0.3) is 0 Å². The van der Waals surface area contributed by atoms with Crippen molar-refractivity contribution in [3.05, 3.63) is 58.9 Å². The first-order valence-corrected chi connectivity index (χ1v) is 10.5. The molecule has 2 rings (SSSR count). The molecule has 2 aromatic rings. The molecule has 0 radical (unpaired) electrons. The van der Waals surface area contributed by atoms with Gasteiger partial charge in [-0.2, -0.15) is 0 Å². The van der Waals surface area contributed by atoms with E-state index in [0.717, 1.165) is 27.3 Å². The summed E-state index contributed by atoms with van der Waals surface area (Å²) in [5.74, 6) is -0.905. The third kappa shape index (κ3) is 4.86. The Morgan fingerprint density at radius 3 is 2.07 bits per heavy atom. The van der Waals surface area contributed by atoms with Crippen LogP contribution in [0.15, 0.2) is 36.4 Å². The minimum atomic E-state index is -3.76. The highest BCUT2D eigenvalue weighted by Gasteiger charge is 2.32. The average molecular weight is 392 g/mol. The second kappa shape index (κ2) is 8.08. The monoisotopic (exact) mass is 392 g/mol. The molecular formula is C20H25FN2O3S. The number of aryl methyl sites for hydroxylation is 3. The van der Waals surface area contributed by atoms with E-state index in [1.807, 2.05) is 32.9 Å². The Kier molecular flexibility index (Phi) is 6.26. The van der Waals surface area contributed by atoms with Crippen LogP contribution >= 0.6 is 0 Å². The van der Waals surface area contributed by atoms with Gasteiger partial charge in [0.1, 0.15) is 11.9 Å². The predicted octanol–water partition coefficient (Wildman–Crippen LogP) is 3.93. The smallest absolute Gasteiger partial charge is 0.248 e. The molecule has 1 atom stereocenters. The van der Waals surface area contributed by atoms with Crippen LogP contribution in [0.2, 0.25) is 0 Å². The molecule has 7 heteroatoms. The van der Waals surface area contributed by atoms with Gasteiger partial charge in [0.15, 0.2) is 0 Å². The molecule has 1 unspecified atom stereocenters. The maximum atomic E-state index is 13.2. The highest BCUT2D eigenvalue weighted by Crippen LogP contribution is 2.26. The van der Waals surface area contributed by atoms with Crippen LogP contribution in [-0.2, 0) is 14.8 Å². The molecule has 27 heavy (non-hydrogen) atoms. The van der Waals surface area contributed by atoms with Crippen molar-refractivity contribution >= 4 is 27.3 Å². The van der Waals surface area contributed by atoms with E-state index in [0.29, 0.717) is 5.69 Å². The highest BCUT2D eigenvalue weighted by atomic mass is 32.2. The largest absolute Gasteiger partial charge is 0.324 e. The first kappa shape index (κ1) is 20.9. The van der Waals surface area contributed by atoms with Gasteiger partial charge in [0.05, 0.1) is 11.9 Å². The number of benzene rings is 2. The topological polar surface area (TPSA) is 66.5 Å². The van der Waals surface area contributed by atoms with E-state index in [2.05, 4.69) is 5.32 Å². The molecule has 2 aromatic carbocycles. The molecule has 0 aliphatic rings. The Bertz CT molecular complexity index is 917. The first-order valence-electron chi connectivity index (χ1n) is 8.68. The van der Waals surface area contributed by atoms with Crippen molar-refractivity contribution in [1.29, 1.82) is 0 Å². The van der Waals surface area contributed by atoms with Crippen LogP contribution in [0.3, 0.4) is 0 Å². The van der Waals surface area contributed by atoms with Crippen LogP contribution in [0.1, 0.15) is 30.0 Å². The van der Waals surface area contributed by atoms with Gasteiger partial charge in [-0.05, 0) is 62.6 Å². The number of carbonyl (C=O) groups excluding carboxylic acids is 1. The zero-order chi connectivity index (χ0) is 20.4. The number of hydrogen-bond acceptors (Lipinski definition) is 3. The number of nitrogens with zero attached hydrogens (tertiary/aromatic N) is 1. The van der Waals surface area contributed by atoms with Crippen molar-refractivity contribution in [3.8, 4) is 0 Å². The summed E-state index contributed by atoms with van der Waals surface area (Å²) in [5.41, 5.74) is 3.82. The fourth-order valence-electron chi connectivity index (χ4n) is 3.23. The van der Waals surface area contributed by atoms with Gasteiger partial charge < -0.3 is 5.32 Å². The molecule has 0 bridgehead atoms. The van der Waals surface area contributed by atoms with Crippen molar-refractivity contribution in [1.82, 2.24) is 0 Å². The fraction of sp³-hybridized carbons (Fsp3) is 0.350. The Labute approximate surface area is 160 Å². The number of nitrogens with one attached hydrogen (secondary N) is 1. The number of amides is 1. The van der Waals surface area contributed by atoms with E-state index in [9.17, 15) is 17.6 Å². The number of hydrogen-bond donors (Lipinski definition) is 1. The van der Waals surface area contributed by atoms with Crippen LogP contribution in [0, 0.1) is 26.6 Å². The minimum absolute atomic E-state index is 0.248. The number of halogens is 1. The molecule has 0 saturated carbocycles. The Hall–Kier alpha value is -2.41. The van der Waals surface area contributed by atoms with Crippen molar-refractivity contribution in [2.75, 3.05) is 15.9 Å². The lowest BCUT2D eigenvalue weighted by molar-refractivity contribution is -0.117. The Morgan fingerprint density at radius 2 is 1.63 bits per heavy atom. The molecule has 0 spiro atoms. The second-order valence-electron chi connectivity index (χ2n) is 6.72. The summed E-state index contributed by atoms with van der Waals surface area (Å²) in [6.07, 6.45) is 1.30. The molecule has 1 N–H and O–H groups in total. The van der Waals surface area contributed by atoms with Gasteiger partial charge in [0.25, 0.3) is 0 Å². The zero-order valence-electron chi connectivity index (χ0n) is 16.2. The average Bonchev–Trinajstić information content (AvgIpc) is 2.55. The first-order chi connectivity index (χ1) is 12.5. The van der Waals surface area contributed by atoms with E-state index in [4.69, 9.17) is 0 Å². The Balaban J connectivity index is 2.42. The SMILES string of the molecule is CCC(C(=O)Nc1c(C)cc(C)cc1C)N(c1ccc(F)cc1)S(C)(=O)=O. The number of carbonyl (C=O) groups is 1. The molecule has 0 aliphatic heterocycles. The van der Waals surface area contributed by atoms with Gasteiger partial charge >= 0.3 is 0 Å². The molecule has 0 aliphatic carbocycles. The molecule has 146 valence electrons. The minimum Gasteiger partial charge on any atom is -0.324 e. The third-order valence-corrected chi connectivity index (χ3v) is 5.52. The normalized spacial score (nSPS) is 12.5.